The molecule has 1 aliphatic rings. The fourth-order valence-electron chi connectivity index (χ4n) is 1.21. The number of hydrogen-bond acceptors (Lipinski definition) is 2. The molecular weight excluding hydrogens is 154 g/mol. The van der Waals surface area contributed by atoms with E-state index in [2.05, 4.69) is 10.1 Å². The maximum absolute atomic E-state index is 10.9. The minimum atomic E-state index is -0.00621. The molecular formula is C9H17NO2. The predicted octanol–water partition coefficient (Wildman–Crippen LogP) is 0.939. The van der Waals surface area contributed by atoms with Crippen LogP contribution in [0, 0.1) is 5.92 Å². The van der Waals surface area contributed by atoms with Gasteiger partial charge in [0.25, 0.3) is 0 Å². The van der Waals surface area contributed by atoms with Crippen LogP contribution in [0.1, 0.15) is 25.7 Å². The van der Waals surface area contributed by atoms with Crippen LogP contribution in [0.25, 0.3) is 0 Å². The second kappa shape index (κ2) is 5.14. The summed E-state index contributed by atoms with van der Waals surface area (Å²) in [6.07, 6.45) is 5.17. The van der Waals surface area contributed by atoms with Gasteiger partial charge in [0.1, 0.15) is 6.61 Å². The van der Waals surface area contributed by atoms with E-state index < -0.39 is 0 Å². The van der Waals surface area contributed by atoms with E-state index in [1.54, 1.807) is 0 Å². The van der Waals surface area contributed by atoms with E-state index in [1.165, 1.54) is 26.4 Å². The van der Waals surface area contributed by atoms with Crippen molar-refractivity contribution in [2.24, 2.45) is 5.92 Å². The fraction of sp³-hybridized carbons (Fsp3) is 0.889. The van der Waals surface area contributed by atoms with Crippen LogP contribution >= 0.6 is 0 Å². The summed E-state index contributed by atoms with van der Waals surface area (Å²) >= 11 is 0. The third-order valence-electron chi connectivity index (χ3n) is 2.08. The van der Waals surface area contributed by atoms with Crippen molar-refractivity contribution in [1.29, 1.82) is 0 Å². The van der Waals surface area contributed by atoms with Crippen molar-refractivity contribution in [3.05, 3.63) is 0 Å². The van der Waals surface area contributed by atoms with Gasteiger partial charge in [0.15, 0.2) is 0 Å². The van der Waals surface area contributed by atoms with Crippen molar-refractivity contribution in [1.82, 2.24) is 5.32 Å². The SMILES string of the molecule is COCC(=O)NCCCC1CC1. The first-order chi connectivity index (χ1) is 5.83. The van der Waals surface area contributed by atoms with Gasteiger partial charge >= 0.3 is 0 Å². The Balaban J connectivity index is 1.83. The molecule has 0 aromatic carbocycles. The van der Waals surface area contributed by atoms with Crippen LogP contribution < -0.4 is 5.32 Å². The molecule has 1 aliphatic carbocycles. The number of hydrogen-bond donors (Lipinski definition) is 1. The van der Waals surface area contributed by atoms with Gasteiger partial charge in [-0.05, 0) is 18.8 Å². The van der Waals surface area contributed by atoms with Crippen molar-refractivity contribution in [3.63, 3.8) is 0 Å². The summed E-state index contributed by atoms with van der Waals surface area (Å²) in [5.41, 5.74) is 0. The highest BCUT2D eigenvalue weighted by Crippen LogP contribution is 2.33. The second-order valence-corrected chi connectivity index (χ2v) is 3.37. The Morgan fingerprint density at radius 2 is 2.33 bits per heavy atom. The lowest BCUT2D eigenvalue weighted by Crippen LogP contribution is -2.27. The number of carbonyl (C=O) groups excluding carboxylic acids is 1. The zero-order valence-electron chi connectivity index (χ0n) is 7.64. The van der Waals surface area contributed by atoms with E-state index in [0.29, 0.717) is 0 Å². The minimum absolute atomic E-state index is 0.00621. The van der Waals surface area contributed by atoms with Gasteiger partial charge in [-0.25, -0.2) is 0 Å². The normalized spacial score (nSPS) is 16.1. The molecule has 70 valence electrons. The Hall–Kier alpha value is -0.570. The van der Waals surface area contributed by atoms with Crippen molar-refractivity contribution >= 4 is 5.91 Å². The zero-order valence-corrected chi connectivity index (χ0v) is 7.64. The Morgan fingerprint density at radius 3 is 2.92 bits per heavy atom. The molecule has 1 N–H and O–H groups in total. The quantitative estimate of drug-likeness (QED) is 0.604. The molecule has 12 heavy (non-hydrogen) atoms. The van der Waals surface area contributed by atoms with Crippen LogP contribution in [-0.2, 0) is 9.53 Å². The van der Waals surface area contributed by atoms with E-state index in [4.69, 9.17) is 0 Å². The summed E-state index contributed by atoms with van der Waals surface area (Å²) < 4.78 is 4.68. The minimum Gasteiger partial charge on any atom is -0.375 e. The highest BCUT2D eigenvalue weighted by molar-refractivity contribution is 5.77. The molecule has 3 heteroatoms. The molecule has 0 aliphatic heterocycles. The van der Waals surface area contributed by atoms with Gasteiger partial charge in [-0.2, -0.15) is 0 Å². The topological polar surface area (TPSA) is 38.3 Å². The van der Waals surface area contributed by atoms with Gasteiger partial charge < -0.3 is 10.1 Å². The number of ether oxygens (including phenoxy) is 1. The summed E-state index contributed by atoms with van der Waals surface area (Å²) in [7, 11) is 1.53. The molecule has 1 amide bonds. The fourth-order valence-corrected chi connectivity index (χ4v) is 1.21. The van der Waals surface area contributed by atoms with Crippen molar-refractivity contribution in [2.45, 2.75) is 25.7 Å². The molecule has 0 radical (unpaired) electrons. The molecule has 0 bridgehead atoms. The molecule has 1 saturated carbocycles. The predicted molar refractivity (Wildman–Crippen MR) is 46.8 cm³/mol. The second-order valence-electron chi connectivity index (χ2n) is 3.37. The van der Waals surface area contributed by atoms with Crippen LogP contribution in [0.4, 0.5) is 0 Å². The number of nitrogens with one attached hydrogen (secondary N) is 1. The van der Waals surface area contributed by atoms with Gasteiger partial charge in [0.05, 0.1) is 0 Å². The molecule has 0 unspecified atom stereocenters. The Morgan fingerprint density at radius 1 is 1.58 bits per heavy atom. The molecule has 0 aromatic heterocycles. The third kappa shape index (κ3) is 4.34. The molecule has 0 heterocycles. The van der Waals surface area contributed by atoms with E-state index in [-0.39, 0.29) is 12.5 Å². The molecule has 0 saturated heterocycles. The third-order valence-corrected chi connectivity index (χ3v) is 2.08. The summed E-state index contributed by atoms with van der Waals surface area (Å²) in [4.78, 5) is 10.9. The van der Waals surface area contributed by atoms with Crippen LogP contribution in [0.5, 0.6) is 0 Å². The zero-order chi connectivity index (χ0) is 8.81. The lowest BCUT2D eigenvalue weighted by atomic mass is 10.2. The highest BCUT2D eigenvalue weighted by Gasteiger charge is 2.19. The Labute approximate surface area is 73.5 Å². The lowest BCUT2D eigenvalue weighted by molar-refractivity contribution is -0.124. The van der Waals surface area contributed by atoms with Crippen molar-refractivity contribution in [3.8, 4) is 0 Å². The number of methoxy groups -OCH3 is 1. The average Bonchev–Trinajstić information content (AvgIpc) is 2.82. The molecule has 3 nitrogen and oxygen atoms in total. The Kier molecular flexibility index (Phi) is 4.08. The van der Waals surface area contributed by atoms with Gasteiger partial charge in [0, 0.05) is 13.7 Å². The molecule has 1 rings (SSSR count). The van der Waals surface area contributed by atoms with Gasteiger partial charge in [-0.3, -0.25) is 4.79 Å². The van der Waals surface area contributed by atoms with E-state index >= 15 is 0 Å². The standard InChI is InChI=1S/C9H17NO2/c1-12-7-9(11)10-6-2-3-8-4-5-8/h8H,2-7H2,1H3,(H,10,11). The first-order valence-electron chi connectivity index (χ1n) is 4.58. The Bertz CT molecular complexity index is 143. The van der Waals surface area contributed by atoms with Crippen molar-refractivity contribution in [2.75, 3.05) is 20.3 Å². The summed E-state index contributed by atoms with van der Waals surface area (Å²) in [6, 6.07) is 0. The van der Waals surface area contributed by atoms with Crippen molar-refractivity contribution < 1.29 is 9.53 Å². The van der Waals surface area contributed by atoms with Gasteiger partial charge in [-0.15, -0.1) is 0 Å². The van der Waals surface area contributed by atoms with E-state index in [0.717, 1.165) is 18.9 Å². The van der Waals surface area contributed by atoms with Gasteiger partial charge in [0.2, 0.25) is 5.91 Å². The summed E-state index contributed by atoms with van der Waals surface area (Å²) in [6.45, 7) is 0.988. The number of carbonyl (C=O) groups is 1. The molecule has 0 atom stereocenters. The molecule has 1 fully saturated rings. The largest absolute Gasteiger partial charge is 0.375 e. The first-order valence-corrected chi connectivity index (χ1v) is 4.58. The number of amides is 1. The van der Waals surface area contributed by atoms with Crippen LogP contribution in [0.15, 0.2) is 0 Å². The first kappa shape index (κ1) is 9.52. The maximum Gasteiger partial charge on any atom is 0.245 e. The molecule has 0 spiro atoms. The van der Waals surface area contributed by atoms with Gasteiger partial charge in [-0.1, -0.05) is 12.8 Å². The van der Waals surface area contributed by atoms with Crippen LogP contribution in [0.3, 0.4) is 0 Å². The number of rotatable bonds is 6. The van der Waals surface area contributed by atoms with E-state index in [1.807, 2.05) is 0 Å². The maximum atomic E-state index is 10.9. The smallest absolute Gasteiger partial charge is 0.245 e. The summed E-state index contributed by atoms with van der Waals surface area (Å²) in [5, 5.41) is 2.80. The highest BCUT2D eigenvalue weighted by atomic mass is 16.5. The molecule has 0 aromatic rings. The van der Waals surface area contributed by atoms with Crippen LogP contribution in [0.2, 0.25) is 0 Å². The summed E-state index contributed by atoms with van der Waals surface area (Å²) in [5.74, 6) is 0.956. The average molecular weight is 171 g/mol. The van der Waals surface area contributed by atoms with E-state index in [9.17, 15) is 4.79 Å². The lowest BCUT2D eigenvalue weighted by Gasteiger charge is -2.02. The monoisotopic (exact) mass is 171 g/mol. The van der Waals surface area contributed by atoms with Crippen LogP contribution in [-0.4, -0.2) is 26.2 Å².